The molecule has 9 nitrogen and oxygen atoms in total. The molecule has 3 amide bonds. The van der Waals surface area contributed by atoms with Crippen LogP contribution in [-0.4, -0.2) is 64.2 Å². The molecule has 37 heavy (non-hydrogen) atoms. The first-order valence-corrected chi connectivity index (χ1v) is 12.5. The van der Waals surface area contributed by atoms with Crippen molar-refractivity contribution in [1.82, 2.24) is 15.0 Å². The second-order valence-electron chi connectivity index (χ2n) is 11.2. The highest BCUT2D eigenvalue weighted by Crippen LogP contribution is 2.31. The van der Waals surface area contributed by atoms with Crippen LogP contribution in [0.1, 0.15) is 73.9 Å². The first kappa shape index (κ1) is 29.9. The maximum atomic E-state index is 12.7. The van der Waals surface area contributed by atoms with Gasteiger partial charge in [0.1, 0.15) is 24.6 Å². The number of carbonyl (C=O) groups excluding carboxylic acids is 3. The number of aryl methyl sites for hydroxylation is 1. The molecule has 0 bridgehead atoms. The van der Waals surface area contributed by atoms with Gasteiger partial charge in [0.05, 0.1) is 5.52 Å². The molecule has 2 heterocycles. The Kier molecular flexibility index (Phi) is 9.22. The molecule has 200 valence electrons. The van der Waals surface area contributed by atoms with Gasteiger partial charge in [-0.3, -0.25) is 9.78 Å². The molecule has 1 aromatic carbocycles. The quantitative estimate of drug-likeness (QED) is 0.611. The Morgan fingerprint density at radius 1 is 1.03 bits per heavy atom. The molecule has 1 fully saturated rings. The van der Waals surface area contributed by atoms with E-state index in [4.69, 9.17) is 23.1 Å². The normalized spacial score (nSPS) is 18.1. The molecule has 1 atom stereocenters. The van der Waals surface area contributed by atoms with E-state index in [2.05, 4.69) is 24.0 Å². The first-order valence-electron chi connectivity index (χ1n) is 12.5. The summed E-state index contributed by atoms with van der Waals surface area (Å²) in [5.41, 5.74) is 5.49. The lowest BCUT2D eigenvalue weighted by atomic mass is 9.92. The van der Waals surface area contributed by atoms with Gasteiger partial charge in [0.25, 0.3) is 0 Å². The predicted molar refractivity (Wildman–Crippen MR) is 144 cm³/mol. The van der Waals surface area contributed by atoms with Gasteiger partial charge < -0.3 is 15.2 Å². The summed E-state index contributed by atoms with van der Waals surface area (Å²) >= 11 is 0. The van der Waals surface area contributed by atoms with Crippen molar-refractivity contribution >= 4 is 42.3 Å². The fourth-order valence-electron chi connectivity index (χ4n) is 3.74. The summed E-state index contributed by atoms with van der Waals surface area (Å²) in [6, 6.07) is 9.94. The number of carbonyl (C=O) groups is 3. The van der Waals surface area contributed by atoms with E-state index in [9.17, 15) is 14.4 Å². The van der Waals surface area contributed by atoms with Gasteiger partial charge in [-0.1, -0.05) is 30.6 Å². The average Bonchev–Trinajstić information content (AvgIpc) is 2.76. The van der Waals surface area contributed by atoms with Crippen LogP contribution in [0.25, 0.3) is 10.9 Å². The van der Waals surface area contributed by atoms with Crippen molar-refractivity contribution in [2.24, 2.45) is 5.73 Å². The second kappa shape index (κ2) is 11.4. The maximum Gasteiger partial charge on any atom is 0.430 e. The van der Waals surface area contributed by atoms with Crippen LogP contribution in [0.3, 0.4) is 0 Å². The molecule has 1 aromatic heterocycles. The summed E-state index contributed by atoms with van der Waals surface area (Å²) < 4.78 is 10.7. The molecule has 10 heteroatoms. The van der Waals surface area contributed by atoms with E-state index in [0.29, 0.717) is 12.8 Å². The first-order chi connectivity index (χ1) is 17.0. The highest BCUT2D eigenvalue weighted by Gasteiger charge is 2.50. The SMILES string of the molecule is CC(C)(C)OC(=O)N1CCCC(C)(C(N)=O)N1C(=O)OC(C)(C)C.[B]c1ccc2ccc(CC)nc2c1. The molecule has 1 aliphatic heterocycles. The third kappa shape index (κ3) is 8.10. The van der Waals surface area contributed by atoms with Crippen molar-refractivity contribution in [3.63, 3.8) is 0 Å². The van der Waals surface area contributed by atoms with Crippen LogP contribution < -0.4 is 11.2 Å². The predicted octanol–water partition coefficient (Wildman–Crippen LogP) is 4.00. The molecule has 1 unspecified atom stereocenters. The van der Waals surface area contributed by atoms with Gasteiger partial charge in [0.2, 0.25) is 5.91 Å². The average molecular weight is 510 g/mol. The third-order valence-corrected chi connectivity index (χ3v) is 5.58. The van der Waals surface area contributed by atoms with Gasteiger partial charge >= 0.3 is 12.2 Å². The number of ether oxygens (including phenoxy) is 2. The second-order valence-corrected chi connectivity index (χ2v) is 11.2. The van der Waals surface area contributed by atoms with Gasteiger partial charge in [-0.15, -0.1) is 0 Å². The third-order valence-electron chi connectivity index (χ3n) is 5.58. The van der Waals surface area contributed by atoms with Crippen LogP contribution in [0, 0.1) is 0 Å². The summed E-state index contributed by atoms with van der Waals surface area (Å²) in [4.78, 5) is 41.6. The van der Waals surface area contributed by atoms with Crippen LogP contribution in [0.4, 0.5) is 9.59 Å². The van der Waals surface area contributed by atoms with Crippen LogP contribution in [-0.2, 0) is 20.7 Å². The Labute approximate surface area is 221 Å². The van der Waals surface area contributed by atoms with Crippen molar-refractivity contribution in [1.29, 1.82) is 0 Å². The fourth-order valence-corrected chi connectivity index (χ4v) is 3.74. The van der Waals surface area contributed by atoms with Crippen molar-refractivity contribution in [3.05, 3.63) is 36.0 Å². The van der Waals surface area contributed by atoms with Crippen molar-refractivity contribution in [2.45, 2.75) is 91.4 Å². The molecular weight excluding hydrogens is 471 g/mol. The highest BCUT2D eigenvalue weighted by atomic mass is 16.6. The molecule has 2 radical (unpaired) electrons. The Morgan fingerprint density at radius 3 is 2.14 bits per heavy atom. The zero-order valence-electron chi connectivity index (χ0n) is 23.3. The number of rotatable bonds is 2. The molecule has 0 saturated carbocycles. The van der Waals surface area contributed by atoms with Crippen LogP contribution in [0.15, 0.2) is 30.3 Å². The number of fused-ring (bicyclic) bond motifs is 1. The van der Waals surface area contributed by atoms with Gasteiger partial charge in [-0.05, 0) is 79.9 Å². The standard InChI is InChI=1S/C16H29N3O5.C11H10BN/c1-14(2,3)23-12(21)18-10-8-9-16(7,11(17)20)19(18)13(22)24-15(4,5)6;1-2-10-6-4-8-3-5-9(12)7-11(8)13-10/h8-10H2,1-7H3,(H2,17,20);3-7H,2H2,1H3. The van der Waals surface area contributed by atoms with E-state index in [-0.39, 0.29) is 6.54 Å². The molecule has 0 spiro atoms. The van der Waals surface area contributed by atoms with Crippen LogP contribution in [0.2, 0.25) is 0 Å². The van der Waals surface area contributed by atoms with Gasteiger partial charge in [0, 0.05) is 17.6 Å². The number of hydrogen-bond acceptors (Lipinski definition) is 6. The maximum absolute atomic E-state index is 12.7. The van der Waals surface area contributed by atoms with Gasteiger partial charge in [-0.2, -0.15) is 5.01 Å². The molecule has 0 aliphatic carbocycles. The summed E-state index contributed by atoms with van der Waals surface area (Å²) in [5, 5.41) is 3.25. The Balaban J connectivity index is 0.000000308. The molecule has 1 aliphatic rings. The Hall–Kier alpha value is -3.30. The van der Waals surface area contributed by atoms with E-state index < -0.39 is 34.8 Å². The zero-order valence-corrected chi connectivity index (χ0v) is 23.3. The number of aromatic nitrogens is 1. The van der Waals surface area contributed by atoms with Gasteiger partial charge in [0.15, 0.2) is 0 Å². The lowest BCUT2D eigenvalue weighted by Gasteiger charge is -2.48. The number of hydrazine groups is 1. The summed E-state index contributed by atoms with van der Waals surface area (Å²) in [6.45, 7) is 14.1. The van der Waals surface area contributed by atoms with Crippen LogP contribution >= 0.6 is 0 Å². The highest BCUT2D eigenvalue weighted by molar-refractivity contribution is 6.33. The molecule has 2 N–H and O–H groups in total. The molecule has 2 aromatic rings. The smallest absolute Gasteiger partial charge is 0.430 e. The van der Waals surface area contributed by atoms with E-state index in [1.165, 1.54) is 6.92 Å². The van der Waals surface area contributed by atoms with Crippen LogP contribution in [0.5, 0.6) is 0 Å². The molecular formula is C27H39BN4O5. The van der Waals surface area contributed by atoms with Gasteiger partial charge in [-0.25, -0.2) is 14.6 Å². The molecule has 3 rings (SSSR count). The molecule has 1 saturated heterocycles. The Morgan fingerprint density at radius 2 is 1.59 bits per heavy atom. The van der Waals surface area contributed by atoms with E-state index in [1.807, 2.05) is 18.2 Å². The minimum absolute atomic E-state index is 0.233. The number of pyridine rings is 1. The number of nitrogens with two attached hydrogens (primary N) is 1. The number of benzene rings is 1. The largest absolute Gasteiger partial charge is 0.442 e. The lowest BCUT2D eigenvalue weighted by molar-refractivity contribution is -0.152. The zero-order chi connectivity index (χ0) is 28.2. The fraction of sp³-hybridized carbons (Fsp3) is 0.556. The van der Waals surface area contributed by atoms with E-state index in [0.717, 1.165) is 38.5 Å². The minimum Gasteiger partial charge on any atom is -0.442 e. The lowest BCUT2D eigenvalue weighted by Crippen LogP contribution is -2.68. The van der Waals surface area contributed by atoms with E-state index >= 15 is 0 Å². The summed E-state index contributed by atoms with van der Waals surface area (Å²) in [7, 11) is 5.68. The Bertz CT molecular complexity index is 1140. The monoisotopic (exact) mass is 510 g/mol. The number of hydrogen-bond donors (Lipinski definition) is 1. The number of nitrogens with zero attached hydrogens (tertiary/aromatic N) is 3. The minimum atomic E-state index is -1.36. The van der Waals surface area contributed by atoms with E-state index in [1.54, 1.807) is 41.5 Å². The van der Waals surface area contributed by atoms with Crippen molar-refractivity contribution in [3.8, 4) is 0 Å². The van der Waals surface area contributed by atoms with Crippen molar-refractivity contribution in [2.75, 3.05) is 6.54 Å². The summed E-state index contributed by atoms with van der Waals surface area (Å²) in [6.07, 6.45) is 0.277. The number of primary amides is 1. The van der Waals surface area contributed by atoms with Crippen molar-refractivity contribution < 1.29 is 23.9 Å². The topological polar surface area (TPSA) is 115 Å². The number of amides is 3. The summed E-state index contributed by atoms with van der Waals surface area (Å²) in [5.74, 6) is -0.707.